The lowest BCUT2D eigenvalue weighted by atomic mass is 9.70. The summed E-state index contributed by atoms with van der Waals surface area (Å²) in [6, 6.07) is 17.9. The lowest BCUT2D eigenvalue weighted by Gasteiger charge is -2.51. The lowest BCUT2D eigenvalue weighted by molar-refractivity contribution is -0.265. The topological polar surface area (TPSA) is 116 Å². The second-order valence-corrected chi connectivity index (χ2v) is 15.6. The molecule has 48 heavy (non-hydrogen) atoms. The fourth-order valence-corrected chi connectivity index (χ4v) is 7.20. The molecular weight excluding hydrogens is 643 g/mol. The molecule has 0 aliphatic rings. The number of methoxy groups -OCH3 is 1. The number of alkyl halides is 3. The highest BCUT2D eigenvalue weighted by Gasteiger charge is 2.61. The largest absolute Gasteiger partial charge is 0.465 e. The Morgan fingerprint density at radius 1 is 0.917 bits per heavy atom. The van der Waals surface area contributed by atoms with Gasteiger partial charge in [0.05, 0.1) is 24.8 Å². The van der Waals surface area contributed by atoms with Crippen LogP contribution in [0, 0.1) is 17.3 Å². The molecule has 2 unspecified atom stereocenters. The van der Waals surface area contributed by atoms with Gasteiger partial charge in [0, 0.05) is 5.92 Å². The number of anilines is 1. The molecule has 1 heterocycles. The Bertz CT molecular complexity index is 1650. The SMILES string of the molecule is COC(=O)c1cccc(CC(=O)Nc2ccc(-c3ccccc3)n(CC(=O)NC(O[SiH](C)C)(C(C)C)C(C(C)(C)C)C(F)(F)F)c2=O)c1. The molecule has 2 amide bonds. The van der Waals surface area contributed by atoms with E-state index in [2.05, 4.69) is 10.6 Å². The molecule has 13 heteroatoms. The first kappa shape index (κ1) is 38.2. The molecule has 0 aliphatic heterocycles. The number of ether oxygens (including phenoxy) is 1. The Balaban J connectivity index is 2.05. The molecule has 0 aliphatic carbocycles. The van der Waals surface area contributed by atoms with E-state index in [4.69, 9.17) is 9.16 Å². The third-order valence-electron chi connectivity index (χ3n) is 7.78. The summed E-state index contributed by atoms with van der Waals surface area (Å²) in [4.78, 5) is 52.7. The number of amides is 2. The number of rotatable bonds is 12. The highest BCUT2D eigenvalue weighted by molar-refractivity contribution is 6.48. The predicted molar refractivity (Wildman–Crippen MR) is 181 cm³/mol. The third kappa shape index (κ3) is 9.22. The number of nitrogens with one attached hydrogen (secondary N) is 2. The molecule has 3 rings (SSSR count). The summed E-state index contributed by atoms with van der Waals surface area (Å²) in [5, 5.41) is 5.19. The van der Waals surface area contributed by atoms with Crippen LogP contribution in [0.2, 0.25) is 13.1 Å². The Labute approximate surface area is 280 Å². The van der Waals surface area contributed by atoms with E-state index >= 15 is 0 Å². The number of pyridine rings is 1. The maximum atomic E-state index is 14.8. The smallest absolute Gasteiger partial charge is 0.396 e. The summed E-state index contributed by atoms with van der Waals surface area (Å²) in [6.07, 6.45) is -4.91. The molecule has 2 N–H and O–H groups in total. The molecule has 260 valence electrons. The third-order valence-corrected chi connectivity index (χ3v) is 8.64. The molecule has 9 nitrogen and oxygen atoms in total. The van der Waals surface area contributed by atoms with Gasteiger partial charge in [-0.2, -0.15) is 13.2 Å². The van der Waals surface area contributed by atoms with Gasteiger partial charge in [0.15, 0.2) is 9.04 Å². The number of carbonyl (C=O) groups excluding carboxylic acids is 3. The molecule has 2 aromatic carbocycles. The zero-order valence-corrected chi connectivity index (χ0v) is 29.7. The van der Waals surface area contributed by atoms with Gasteiger partial charge >= 0.3 is 12.1 Å². The van der Waals surface area contributed by atoms with E-state index < -0.39 is 68.1 Å². The molecule has 2 atom stereocenters. The van der Waals surface area contributed by atoms with Crippen LogP contribution in [0.15, 0.2) is 71.5 Å². The number of aromatic nitrogens is 1. The Kier molecular flexibility index (Phi) is 12.2. The van der Waals surface area contributed by atoms with Crippen LogP contribution >= 0.6 is 0 Å². The first-order chi connectivity index (χ1) is 22.3. The minimum Gasteiger partial charge on any atom is -0.465 e. The fourth-order valence-electron chi connectivity index (χ4n) is 5.95. The van der Waals surface area contributed by atoms with Gasteiger partial charge in [-0.15, -0.1) is 0 Å². The maximum absolute atomic E-state index is 14.8. The van der Waals surface area contributed by atoms with E-state index in [0.717, 1.165) is 4.57 Å². The van der Waals surface area contributed by atoms with Gasteiger partial charge in [0.1, 0.15) is 23.9 Å². The standard InChI is InChI=1S/C35H44F3N3O6Si/c1-22(2)34(47-48(7)8,32(33(3,4)5)35(36,37)38)40-29(43)21-41-27(24-14-10-9-11-15-24)18-17-26(30(41)44)39-28(42)20-23-13-12-16-25(19-23)31(45)46-6/h9-19,22,32,48H,20-21H2,1-8H3,(H,39,42)(H,40,43). The van der Waals surface area contributed by atoms with Crippen LogP contribution in [0.25, 0.3) is 11.3 Å². The lowest BCUT2D eigenvalue weighted by Crippen LogP contribution is -2.67. The minimum atomic E-state index is -4.73. The fraction of sp³-hybridized carbons (Fsp3) is 0.429. The van der Waals surface area contributed by atoms with E-state index in [1.807, 2.05) is 0 Å². The van der Waals surface area contributed by atoms with Gasteiger partial charge in [-0.3, -0.25) is 19.0 Å². The highest BCUT2D eigenvalue weighted by Crippen LogP contribution is 2.49. The molecule has 0 fully saturated rings. The molecular formula is C35H44F3N3O6Si. The van der Waals surface area contributed by atoms with Crippen molar-refractivity contribution in [2.45, 2.75) is 72.6 Å². The molecule has 0 spiro atoms. The van der Waals surface area contributed by atoms with Crippen LogP contribution in [-0.4, -0.2) is 50.4 Å². The number of halogens is 3. The van der Waals surface area contributed by atoms with Gasteiger partial charge < -0.3 is 19.8 Å². The van der Waals surface area contributed by atoms with E-state index in [0.29, 0.717) is 16.8 Å². The number of nitrogens with zero attached hydrogens (tertiary/aromatic N) is 1. The summed E-state index contributed by atoms with van der Waals surface area (Å²) < 4.78 is 56.5. The molecule has 0 radical (unpaired) electrons. The van der Waals surface area contributed by atoms with E-state index in [1.54, 1.807) is 81.5 Å². The molecule has 3 aromatic rings. The Morgan fingerprint density at radius 3 is 2.10 bits per heavy atom. The summed E-state index contributed by atoms with van der Waals surface area (Å²) >= 11 is 0. The van der Waals surface area contributed by atoms with Gasteiger partial charge in [-0.25, -0.2) is 4.79 Å². The quantitative estimate of drug-likeness (QED) is 0.134. The monoisotopic (exact) mass is 687 g/mol. The molecule has 1 aromatic heterocycles. The zero-order valence-electron chi connectivity index (χ0n) is 28.5. The van der Waals surface area contributed by atoms with Crippen LogP contribution in [0.1, 0.15) is 50.5 Å². The van der Waals surface area contributed by atoms with Crippen molar-refractivity contribution in [3.8, 4) is 11.3 Å². The molecule has 0 bridgehead atoms. The summed E-state index contributed by atoms with van der Waals surface area (Å²) in [5.74, 6) is -4.87. The zero-order chi connectivity index (χ0) is 36.0. The van der Waals surface area contributed by atoms with Crippen molar-refractivity contribution in [3.05, 3.63) is 88.2 Å². The second kappa shape index (κ2) is 15.3. The van der Waals surface area contributed by atoms with Crippen LogP contribution in [0.3, 0.4) is 0 Å². The van der Waals surface area contributed by atoms with Crippen LogP contribution < -0.4 is 16.2 Å². The van der Waals surface area contributed by atoms with E-state index in [1.165, 1.54) is 40.0 Å². The van der Waals surface area contributed by atoms with Crippen molar-refractivity contribution in [2.24, 2.45) is 17.3 Å². The van der Waals surface area contributed by atoms with Crippen LogP contribution in [0.4, 0.5) is 18.9 Å². The Hall–Kier alpha value is -4.23. The average Bonchev–Trinajstić information content (AvgIpc) is 2.97. The summed E-state index contributed by atoms with van der Waals surface area (Å²) in [7, 11) is -0.943. The first-order valence-corrected chi connectivity index (χ1v) is 18.4. The van der Waals surface area contributed by atoms with Crippen molar-refractivity contribution >= 4 is 32.5 Å². The number of hydrogen-bond donors (Lipinski definition) is 2. The van der Waals surface area contributed by atoms with Gasteiger partial charge in [-0.1, -0.05) is 77.1 Å². The van der Waals surface area contributed by atoms with E-state index in [-0.39, 0.29) is 17.7 Å². The van der Waals surface area contributed by atoms with Gasteiger partial charge in [0.2, 0.25) is 11.8 Å². The average molecular weight is 688 g/mol. The van der Waals surface area contributed by atoms with E-state index in [9.17, 15) is 32.3 Å². The van der Waals surface area contributed by atoms with Crippen molar-refractivity contribution in [1.29, 1.82) is 0 Å². The first-order valence-electron chi connectivity index (χ1n) is 15.6. The minimum absolute atomic E-state index is 0.138. The number of esters is 1. The van der Waals surface area contributed by atoms with Crippen molar-refractivity contribution in [1.82, 2.24) is 9.88 Å². The summed E-state index contributed by atoms with van der Waals surface area (Å²) in [5.41, 5.74) is -2.71. The molecule has 0 saturated heterocycles. The predicted octanol–water partition coefficient (Wildman–Crippen LogP) is 6.18. The van der Waals surface area contributed by atoms with Crippen molar-refractivity contribution in [3.63, 3.8) is 0 Å². The van der Waals surface area contributed by atoms with Gasteiger partial charge in [0.25, 0.3) is 5.56 Å². The second-order valence-electron chi connectivity index (χ2n) is 13.3. The van der Waals surface area contributed by atoms with Gasteiger partial charge in [-0.05, 0) is 53.9 Å². The maximum Gasteiger partial charge on any atom is 0.396 e. The van der Waals surface area contributed by atoms with Crippen LogP contribution in [-0.2, 0) is 31.7 Å². The van der Waals surface area contributed by atoms with Crippen molar-refractivity contribution < 1.29 is 36.7 Å². The highest BCUT2D eigenvalue weighted by atomic mass is 28.3. The Morgan fingerprint density at radius 2 is 1.56 bits per heavy atom. The van der Waals surface area contributed by atoms with Crippen LogP contribution in [0.5, 0.6) is 0 Å². The number of hydrogen-bond acceptors (Lipinski definition) is 6. The number of benzene rings is 2. The number of carbonyl (C=O) groups is 3. The summed E-state index contributed by atoms with van der Waals surface area (Å²) in [6.45, 7) is 10.3. The normalized spacial score (nSPS) is 13.9. The molecule has 0 saturated carbocycles. The van der Waals surface area contributed by atoms with Crippen molar-refractivity contribution in [2.75, 3.05) is 12.4 Å².